The lowest BCUT2D eigenvalue weighted by Gasteiger charge is -2.31. The van der Waals surface area contributed by atoms with E-state index in [9.17, 15) is 4.79 Å². The van der Waals surface area contributed by atoms with Crippen LogP contribution in [0.5, 0.6) is 0 Å². The molecule has 5 nitrogen and oxygen atoms in total. The van der Waals surface area contributed by atoms with Crippen molar-refractivity contribution in [2.45, 2.75) is 106 Å². The summed E-state index contributed by atoms with van der Waals surface area (Å²) >= 11 is 60.7. The van der Waals surface area contributed by atoms with Crippen molar-refractivity contribution in [1.82, 2.24) is 0 Å². The lowest BCUT2D eigenvalue weighted by atomic mass is 9.74. The van der Waals surface area contributed by atoms with Gasteiger partial charge in [0.2, 0.25) is 0 Å². The second-order valence-electron chi connectivity index (χ2n) is 26.0. The molecule has 0 amide bonds. The van der Waals surface area contributed by atoms with E-state index < -0.39 is 0 Å². The van der Waals surface area contributed by atoms with E-state index >= 15 is 0 Å². The fraction of sp³-hybridized carbons (Fsp3) is 0.256. The molecule has 0 aromatic heterocycles. The SMILES string of the molecule is NC[C@@H]1Cc2ccccc2[C@H](c2ccc(Cl)c(Cl)c2)C1.NC[C@H]1Cc2ccccc2[C@H](c2ccc(Cl)c(Cl)c2)C1.N[C@@H]1Cc2ccccc2[C@H](c2ccc(Cl)c(Cl)c2)C1.N[C@H]1Cc2ccccc2[C@H](c2ccc(Cl)c(Cl)c2)C1.O=C1CC[C@@H](c2ccc(Cl)c(Cl)c2)c2ccccc21.S. The third kappa shape index (κ3) is 18.4. The highest BCUT2D eigenvalue weighted by molar-refractivity contribution is 7.59. The molecule has 16 heteroatoms. The Hall–Kier alpha value is -5.04. The number of halogens is 10. The molecule has 10 aromatic rings. The zero-order chi connectivity index (χ0) is 68.4. The average Bonchev–Trinajstić information content (AvgIpc) is 0.822. The molecule has 5 aliphatic carbocycles. The van der Waals surface area contributed by atoms with E-state index in [0.717, 1.165) is 87.6 Å². The molecule has 0 aliphatic heterocycles. The molecule has 5 aliphatic rings. The predicted molar refractivity (Wildman–Crippen MR) is 422 cm³/mol. The minimum absolute atomic E-state index is 0. The summed E-state index contributed by atoms with van der Waals surface area (Å²) in [6.07, 6.45) is 9.52. The summed E-state index contributed by atoms with van der Waals surface area (Å²) in [5, 5.41) is 5.99. The maximum atomic E-state index is 11.9. The molecule has 508 valence electrons. The van der Waals surface area contributed by atoms with Crippen LogP contribution in [-0.4, -0.2) is 31.0 Å². The highest BCUT2D eigenvalue weighted by Gasteiger charge is 2.32. The first kappa shape index (κ1) is 75.6. The van der Waals surface area contributed by atoms with Crippen molar-refractivity contribution in [3.05, 3.63) is 346 Å². The number of ketones is 1. The zero-order valence-corrected chi connectivity index (χ0v) is 62.4. The summed E-state index contributed by atoms with van der Waals surface area (Å²) in [5.41, 5.74) is 43.1. The summed E-state index contributed by atoms with van der Waals surface area (Å²) in [6, 6.07) is 71.9. The molecule has 0 spiro atoms. The van der Waals surface area contributed by atoms with E-state index in [-0.39, 0.29) is 37.3 Å². The molecule has 15 rings (SSSR count). The Morgan fingerprint density at radius 2 is 0.571 bits per heavy atom. The topological polar surface area (TPSA) is 121 Å². The monoisotopic (exact) mass is 1520 g/mol. The number of hydrogen-bond acceptors (Lipinski definition) is 5. The molecule has 0 bridgehead atoms. The van der Waals surface area contributed by atoms with Gasteiger partial charge in [0.05, 0.1) is 50.2 Å². The number of carbonyl (C=O) groups excluding carboxylic acids is 1. The number of carbonyl (C=O) groups is 1. The van der Waals surface area contributed by atoms with E-state index in [1.165, 1.54) is 66.8 Å². The molecule has 0 fully saturated rings. The van der Waals surface area contributed by atoms with Gasteiger partial charge in [-0.15, -0.1) is 0 Å². The van der Waals surface area contributed by atoms with Gasteiger partial charge in [-0.25, -0.2) is 0 Å². The Bertz CT molecular complexity index is 4200. The largest absolute Gasteiger partial charge is 0.330 e. The number of benzene rings is 10. The van der Waals surface area contributed by atoms with Crippen LogP contribution in [0.25, 0.3) is 0 Å². The number of nitrogens with two attached hydrogens (primary N) is 4. The van der Waals surface area contributed by atoms with Crippen molar-refractivity contribution in [2.75, 3.05) is 13.1 Å². The van der Waals surface area contributed by atoms with Gasteiger partial charge in [-0.1, -0.05) is 268 Å². The van der Waals surface area contributed by atoms with E-state index in [1.54, 1.807) is 0 Å². The van der Waals surface area contributed by atoms with Gasteiger partial charge in [0.1, 0.15) is 0 Å². The van der Waals surface area contributed by atoms with Crippen LogP contribution in [-0.2, 0) is 25.7 Å². The maximum Gasteiger partial charge on any atom is 0.163 e. The van der Waals surface area contributed by atoms with E-state index in [2.05, 4.69) is 109 Å². The van der Waals surface area contributed by atoms with Crippen LogP contribution >= 0.6 is 130 Å². The van der Waals surface area contributed by atoms with Gasteiger partial charge >= 0.3 is 0 Å². The van der Waals surface area contributed by atoms with Gasteiger partial charge in [-0.3, -0.25) is 4.79 Å². The van der Waals surface area contributed by atoms with Gasteiger partial charge in [-0.05, 0) is 221 Å². The van der Waals surface area contributed by atoms with Crippen LogP contribution in [0.2, 0.25) is 50.2 Å². The zero-order valence-electron chi connectivity index (χ0n) is 53.9. The summed E-state index contributed by atoms with van der Waals surface area (Å²) in [7, 11) is 0. The number of fused-ring (bicyclic) bond motifs is 5. The van der Waals surface area contributed by atoms with Crippen LogP contribution in [0.15, 0.2) is 212 Å². The fourth-order valence-corrected chi connectivity index (χ4v) is 16.3. The van der Waals surface area contributed by atoms with Crippen LogP contribution in [0.1, 0.15) is 156 Å². The van der Waals surface area contributed by atoms with Crippen LogP contribution < -0.4 is 22.9 Å². The summed E-state index contributed by atoms with van der Waals surface area (Å²) in [6.45, 7) is 1.46. The van der Waals surface area contributed by atoms with Crippen molar-refractivity contribution >= 4 is 135 Å². The Kier molecular flexibility index (Phi) is 27.2. The van der Waals surface area contributed by atoms with Gasteiger partial charge in [0, 0.05) is 53.7 Å². The highest BCUT2D eigenvalue weighted by Crippen LogP contribution is 2.45. The van der Waals surface area contributed by atoms with Gasteiger partial charge < -0.3 is 22.9 Å². The second kappa shape index (κ2) is 35.2. The van der Waals surface area contributed by atoms with E-state index in [4.69, 9.17) is 139 Å². The Balaban J connectivity index is 0.000000132. The molecular weight excluding hydrogens is 1440 g/mol. The van der Waals surface area contributed by atoms with Crippen molar-refractivity contribution in [1.29, 1.82) is 0 Å². The first-order valence-electron chi connectivity index (χ1n) is 32.9. The molecule has 98 heavy (non-hydrogen) atoms. The number of hydrogen-bond donors (Lipinski definition) is 4. The lowest BCUT2D eigenvalue weighted by Crippen LogP contribution is -2.30. The van der Waals surface area contributed by atoms with Gasteiger partial charge in [0.25, 0.3) is 0 Å². The quantitative estimate of drug-likeness (QED) is 0.127. The maximum absolute atomic E-state index is 11.9. The Labute approximate surface area is 634 Å². The number of Topliss-reactive ketones (excluding diaryl/α,β-unsaturated/α-hetero) is 1. The van der Waals surface area contributed by atoms with Crippen molar-refractivity contribution in [2.24, 2.45) is 34.8 Å². The first-order valence-corrected chi connectivity index (χ1v) is 36.7. The van der Waals surface area contributed by atoms with Crippen molar-refractivity contribution in [3.8, 4) is 0 Å². The van der Waals surface area contributed by atoms with Crippen LogP contribution in [0, 0.1) is 11.8 Å². The normalized spacial score (nSPS) is 20.9. The fourth-order valence-electron chi connectivity index (χ4n) is 14.8. The lowest BCUT2D eigenvalue weighted by molar-refractivity contribution is 0.0969. The van der Waals surface area contributed by atoms with Crippen LogP contribution in [0.3, 0.4) is 0 Å². The van der Waals surface area contributed by atoms with Gasteiger partial charge in [-0.2, -0.15) is 13.5 Å². The molecule has 0 heterocycles. The third-order valence-corrected chi connectivity index (χ3v) is 23.3. The van der Waals surface area contributed by atoms with E-state index in [1.807, 2.05) is 103 Å². The Morgan fingerprint density at radius 3 is 0.878 bits per heavy atom. The van der Waals surface area contributed by atoms with Crippen molar-refractivity contribution in [3.63, 3.8) is 0 Å². The Morgan fingerprint density at radius 1 is 0.306 bits per heavy atom. The molecular formula is C82H78Cl10N4OS. The first-order chi connectivity index (χ1) is 46.8. The molecule has 0 radical (unpaired) electrons. The average molecular weight is 1520 g/mol. The summed E-state index contributed by atoms with van der Waals surface area (Å²) < 4.78 is 0. The smallest absolute Gasteiger partial charge is 0.163 e. The summed E-state index contributed by atoms with van der Waals surface area (Å²) in [5.74, 6) is 2.88. The summed E-state index contributed by atoms with van der Waals surface area (Å²) in [4.78, 5) is 11.9. The molecule has 9 atom stereocenters. The minimum Gasteiger partial charge on any atom is -0.330 e. The molecule has 8 N–H and O–H groups in total. The molecule has 10 aromatic carbocycles. The van der Waals surface area contributed by atoms with E-state index in [0.29, 0.717) is 92.2 Å². The van der Waals surface area contributed by atoms with Gasteiger partial charge in [0.15, 0.2) is 5.78 Å². The van der Waals surface area contributed by atoms with Crippen molar-refractivity contribution < 1.29 is 4.79 Å². The highest BCUT2D eigenvalue weighted by atomic mass is 35.5. The number of rotatable bonds is 7. The standard InChI is InChI=1S/2C17H17Cl2N.2C16H15Cl2N.C16H12Cl2O.H2S/c2*18-16-6-5-13(9-17(16)19)15-8-11(10-20)7-12-3-1-2-4-14(12)15;2*17-15-6-5-11(8-16(15)18)14-9-12(19)7-10-3-1-2-4-13(10)14;17-14-7-5-10(9-15(14)18)11-6-8-16(19)13-4-2-1-3-12(11)13;/h2*1-6,9,11,15H,7-8,10,20H2;2*1-6,8,12,14H,7,9,19H2;1-5,7,9,11H,6,8H2;1H2/t11-,15+;11-,15-;12-,14+;12-,14-;11-;/m10100./s1. The van der Waals surface area contributed by atoms with Crippen LogP contribution in [0.4, 0.5) is 0 Å². The predicted octanol–water partition coefficient (Wildman–Crippen LogP) is 23.3. The molecule has 0 saturated carbocycles. The third-order valence-electron chi connectivity index (χ3n) is 19.6. The minimum atomic E-state index is 0. The molecule has 0 unspecified atom stereocenters. The molecule has 0 saturated heterocycles. The second-order valence-corrected chi connectivity index (χ2v) is 30.0.